The maximum absolute atomic E-state index is 11.6. The van der Waals surface area contributed by atoms with Gasteiger partial charge < -0.3 is 14.5 Å². The normalized spacial score (nSPS) is 26.2. The topological polar surface area (TPSA) is 134 Å². The summed E-state index contributed by atoms with van der Waals surface area (Å²) < 4.78 is 0. The van der Waals surface area contributed by atoms with Crippen LogP contribution in [0.4, 0.5) is 0 Å². The van der Waals surface area contributed by atoms with Crippen LogP contribution in [0.1, 0.15) is 41.0 Å². The Kier molecular flexibility index (Phi) is 4.80. The van der Waals surface area contributed by atoms with E-state index in [2.05, 4.69) is 9.68 Å². The summed E-state index contributed by atoms with van der Waals surface area (Å²) in [7, 11) is 0. The molecule has 126 valence electrons. The van der Waals surface area contributed by atoms with E-state index in [9.17, 15) is 25.0 Å². The van der Waals surface area contributed by atoms with Gasteiger partial charge in [-0.3, -0.25) is 4.79 Å². The SMILES string of the molecule is CCC(=O)ON1C(C)(C)C(O[N+](=O)[O-])C(O[N+](=O)[O-])C1(C)C. The van der Waals surface area contributed by atoms with Crippen LogP contribution in [0.25, 0.3) is 0 Å². The van der Waals surface area contributed by atoms with E-state index in [0.717, 1.165) is 5.06 Å². The van der Waals surface area contributed by atoms with Crippen LogP contribution < -0.4 is 0 Å². The highest BCUT2D eigenvalue weighted by molar-refractivity contribution is 5.68. The molecular weight excluding hydrogens is 302 g/mol. The molecule has 1 rings (SSSR count). The highest BCUT2D eigenvalue weighted by Crippen LogP contribution is 2.44. The van der Waals surface area contributed by atoms with Gasteiger partial charge in [0.1, 0.15) is 0 Å². The molecule has 0 N–H and O–H groups in total. The van der Waals surface area contributed by atoms with E-state index in [1.54, 1.807) is 6.92 Å². The molecule has 0 aliphatic carbocycles. The molecule has 1 saturated heterocycles. The molecule has 0 aromatic carbocycles. The molecule has 1 heterocycles. The van der Waals surface area contributed by atoms with E-state index < -0.39 is 39.4 Å². The molecule has 11 nitrogen and oxygen atoms in total. The van der Waals surface area contributed by atoms with Crippen LogP contribution in [0.5, 0.6) is 0 Å². The van der Waals surface area contributed by atoms with Gasteiger partial charge in [0.2, 0.25) is 0 Å². The van der Waals surface area contributed by atoms with Crippen molar-refractivity contribution in [1.82, 2.24) is 5.06 Å². The lowest BCUT2D eigenvalue weighted by Gasteiger charge is -2.38. The van der Waals surface area contributed by atoms with Gasteiger partial charge >= 0.3 is 5.97 Å². The van der Waals surface area contributed by atoms with E-state index in [1.807, 2.05) is 0 Å². The second-order valence-corrected chi connectivity index (χ2v) is 5.92. The molecule has 0 amide bonds. The van der Waals surface area contributed by atoms with Gasteiger partial charge in [0.15, 0.2) is 12.2 Å². The third-order valence-corrected chi connectivity index (χ3v) is 3.60. The van der Waals surface area contributed by atoms with Crippen molar-refractivity contribution in [1.29, 1.82) is 0 Å². The van der Waals surface area contributed by atoms with Crippen molar-refractivity contribution >= 4 is 5.97 Å². The second-order valence-electron chi connectivity index (χ2n) is 5.92. The molecule has 0 spiro atoms. The van der Waals surface area contributed by atoms with Gasteiger partial charge in [0.05, 0.1) is 11.1 Å². The Hall–Kier alpha value is -2.17. The number of carbonyl (C=O) groups excluding carboxylic acids is 1. The van der Waals surface area contributed by atoms with Crippen LogP contribution in [-0.4, -0.2) is 44.5 Å². The first-order valence-corrected chi connectivity index (χ1v) is 6.58. The van der Waals surface area contributed by atoms with Gasteiger partial charge in [0, 0.05) is 6.42 Å². The van der Waals surface area contributed by atoms with Crippen LogP contribution in [0.15, 0.2) is 0 Å². The average Bonchev–Trinajstić information content (AvgIpc) is 2.49. The summed E-state index contributed by atoms with van der Waals surface area (Å²) in [5, 5.41) is 20.5. The summed E-state index contributed by atoms with van der Waals surface area (Å²) in [6.07, 6.45) is -2.58. The first-order valence-electron chi connectivity index (χ1n) is 6.58. The summed E-state index contributed by atoms with van der Waals surface area (Å²) in [6.45, 7) is 7.61. The van der Waals surface area contributed by atoms with Gasteiger partial charge in [-0.1, -0.05) is 6.92 Å². The zero-order chi connectivity index (χ0) is 17.3. The van der Waals surface area contributed by atoms with E-state index >= 15 is 0 Å². The lowest BCUT2D eigenvalue weighted by molar-refractivity contribution is -0.799. The van der Waals surface area contributed by atoms with Crippen LogP contribution in [0.2, 0.25) is 0 Å². The molecule has 1 aliphatic heterocycles. The Morgan fingerprint density at radius 2 is 1.41 bits per heavy atom. The summed E-state index contributed by atoms with van der Waals surface area (Å²) in [4.78, 5) is 47.4. The molecule has 22 heavy (non-hydrogen) atoms. The van der Waals surface area contributed by atoms with E-state index in [-0.39, 0.29) is 6.42 Å². The summed E-state index contributed by atoms with van der Waals surface area (Å²) in [5.74, 6) is -0.581. The molecule has 0 bridgehead atoms. The molecule has 1 fully saturated rings. The zero-order valence-electron chi connectivity index (χ0n) is 13.0. The Bertz CT molecular complexity index is 444. The van der Waals surface area contributed by atoms with Crippen molar-refractivity contribution < 1.29 is 29.5 Å². The van der Waals surface area contributed by atoms with Crippen LogP contribution >= 0.6 is 0 Å². The minimum atomic E-state index is -1.33. The highest BCUT2D eigenvalue weighted by atomic mass is 17.0. The average molecular weight is 321 g/mol. The van der Waals surface area contributed by atoms with Crippen LogP contribution in [-0.2, 0) is 19.3 Å². The highest BCUT2D eigenvalue weighted by Gasteiger charge is 2.64. The van der Waals surface area contributed by atoms with Crippen molar-refractivity contribution in [3.8, 4) is 0 Å². The lowest BCUT2D eigenvalue weighted by atomic mass is 9.94. The van der Waals surface area contributed by atoms with Crippen molar-refractivity contribution in [2.45, 2.75) is 64.3 Å². The molecule has 0 saturated carbocycles. The second kappa shape index (κ2) is 5.91. The first kappa shape index (κ1) is 17.9. The Morgan fingerprint density at radius 1 is 1.05 bits per heavy atom. The number of hydrogen-bond donors (Lipinski definition) is 0. The Morgan fingerprint density at radius 3 is 1.68 bits per heavy atom. The fraction of sp³-hybridized carbons (Fsp3) is 0.909. The predicted molar refractivity (Wildman–Crippen MR) is 70.1 cm³/mol. The summed E-state index contributed by atoms with van der Waals surface area (Å²) in [6, 6.07) is 0. The standard InChI is InChI=1S/C11H19N3O8/c1-6-7(15)20-12-10(2,3)8(21-13(16)17)9(11(12,4)5)22-14(18)19/h8-9H,6H2,1-5H3. The molecule has 11 heteroatoms. The minimum Gasteiger partial charge on any atom is -0.367 e. The zero-order valence-corrected chi connectivity index (χ0v) is 13.0. The third kappa shape index (κ3) is 3.18. The number of hydrogen-bond acceptors (Lipinski definition) is 9. The van der Waals surface area contributed by atoms with Gasteiger partial charge in [-0.05, 0) is 27.7 Å². The maximum atomic E-state index is 11.6. The summed E-state index contributed by atoms with van der Waals surface area (Å²) in [5.41, 5.74) is -2.44. The van der Waals surface area contributed by atoms with Gasteiger partial charge in [0.25, 0.3) is 10.2 Å². The number of carbonyl (C=O) groups is 1. The molecule has 2 unspecified atom stereocenters. The van der Waals surface area contributed by atoms with Gasteiger partial charge in [-0.15, -0.1) is 25.3 Å². The predicted octanol–water partition coefficient (Wildman–Crippen LogP) is 0.881. The molecule has 0 aromatic rings. The molecule has 1 aliphatic rings. The Labute approximate surface area is 126 Å². The van der Waals surface area contributed by atoms with Crippen molar-refractivity contribution in [2.24, 2.45) is 0 Å². The van der Waals surface area contributed by atoms with Crippen LogP contribution in [0.3, 0.4) is 0 Å². The maximum Gasteiger partial charge on any atom is 0.324 e. The van der Waals surface area contributed by atoms with Crippen molar-refractivity contribution in [3.05, 3.63) is 20.2 Å². The largest absolute Gasteiger partial charge is 0.367 e. The Balaban J connectivity index is 3.25. The smallest absolute Gasteiger partial charge is 0.324 e. The fourth-order valence-electron chi connectivity index (χ4n) is 2.67. The van der Waals surface area contributed by atoms with Crippen molar-refractivity contribution in [2.75, 3.05) is 0 Å². The molecule has 0 radical (unpaired) electrons. The number of hydroxylamine groups is 2. The van der Waals surface area contributed by atoms with Gasteiger partial charge in [-0.2, -0.15) is 0 Å². The van der Waals surface area contributed by atoms with Crippen molar-refractivity contribution in [3.63, 3.8) is 0 Å². The quantitative estimate of drug-likeness (QED) is 0.516. The summed E-state index contributed by atoms with van der Waals surface area (Å²) >= 11 is 0. The number of rotatable bonds is 6. The fourth-order valence-corrected chi connectivity index (χ4v) is 2.67. The molecular formula is C11H19N3O8. The van der Waals surface area contributed by atoms with E-state index in [4.69, 9.17) is 4.84 Å². The molecule has 0 aromatic heterocycles. The first-order chi connectivity index (χ1) is 9.94. The minimum absolute atomic E-state index is 0.0736. The monoisotopic (exact) mass is 321 g/mol. The third-order valence-electron chi connectivity index (χ3n) is 3.60. The van der Waals surface area contributed by atoms with E-state index in [1.165, 1.54) is 27.7 Å². The van der Waals surface area contributed by atoms with Crippen LogP contribution in [0, 0.1) is 20.2 Å². The van der Waals surface area contributed by atoms with E-state index in [0.29, 0.717) is 0 Å². The van der Waals surface area contributed by atoms with Gasteiger partial charge in [-0.25, -0.2) is 0 Å². The molecule has 2 atom stereocenters. The lowest BCUT2D eigenvalue weighted by Crippen LogP contribution is -2.52. The number of nitrogens with zero attached hydrogens (tertiary/aromatic N) is 3.